The fourth-order valence-corrected chi connectivity index (χ4v) is 5.14. The summed E-state index contributed by atoms with van der Waals surface area (Å²) in [7, 11) is 0. The molecule has 0 radical (unpaired) electrons. The molecule has 150 valence electrons. The Balaban J connectivity index is 1.39. The van der Waals surface area contributed by atoms with E-state index in [4.69, 9.17) is 4.98 Å². The van der Waals surface area contributed by atoms with Gasteiger partial charge in [0.15, 0.2) is 0 Å². The average Bonchev–Trinajstić information content (AvgIpc) is 3.12. The lowest BCUT2D eigenvalue weighted by molar-refractivity contribution is 0.158. The zero-order valence-corrected chi connectivity index (χ0v) is 16.9. The third-order valence-electron chi connectivity index (χ3n) is 6.70. The van der Waals surface area contributed by atoms with Crippen molar-refractivity contribution in [3.8, 4) is 0 Å². The molecule has 1 saturated carbocycles. The van der Waals surface area contributed by atoms with Gasteiger partial charge in [0.05, 0.1) is 0 Å². The second-order valence-corrected chi connectivity index (χ2v) is 8.76. The van der Waals surface area contributed by atoms with Crippen LogP contribution in [0.5, 0.6) is 0 Å². The number of aromatic nitrogens is 2. The van der Waals surface area contributed by atoms with Gasteiger partial charge in [-0.05, 0) is 51.1 Å². The number of nitrogens with zero attached hydrogens (tertiary/aromatic N) is 4. The summed E-state index contributed by atoms with van der Waals surface area (Å²) >= 11 is 0. The van der Waals surface area contributed by atoms with E-state index < -0.39 is 0 Å². The maximum absolute atomic E-state index is 4.89. The second-order valence-electron chi connectivity index (χ2n) is 8.76. The molecule has 4 rings (SSSR count). The summed E-state index contributed by atoms with van der Waals surface area (Å²) in [5.41, 5.74) is 0. The van der Waals surface area contributed by atoms with Gasteiger partial charge in [0, 0.05) is 37.9 Å². The lowest BCUT2D eigenvalue weighted by Crippen LogP contribution is -2.43. The maximum Gasteiger partial charge on any atom is 0.224 e. The van der Waals surface area contributed by atoms with Gasteiger partial charge >= 0.3 is 0 Å². The Morgan fingerprint density at radius 2 is 1.52 bits per heavy atom. The molecule has 3 heterocycles. The molecule has 2 saturated heterocycles. The van der Waals surface area contributed by atoms with E-state index in [2.05, 4.69) is 26.2 Å². The van der Waals surface area contributed by atoms with Crippen molar-refractivity contribution in [2.45, 2.75) is 89.1 Å². The summed E-state index contributed by atoms with van der Waals surface area (Å²) in [6.45, 7) is 4.70. The number of rotatable bonds is 4. The van der Waals surface area contributed by atoms with Crippen LogP contribution in [-0.2, 0) is 0 Å². The standard InChI is InChI=1S/C22H37N5/c1-2-8-16-26(15-7-1)21-13-14-23-22(25-21)24-19-10-6-9-17-27(18-19)20-11-4-3-5-12-20/h13-14,19-20H,1-12,15-18H2,(H,23,24,25)/t19-/m0/s1. The molecule has 5 heteroatoms. The lowest BCUT2D eigenvalue weighted by Gasteiger charge is -2.35. The highest BCUT2D eigenvalue weighted by Crippen LogP contribution is 2.26. The van der Waals surface area contributed by atoms with E-state index in [1.807, 2.05) is 6.20 Å². The van der Waals surface area contributed by atoms with Crippen molar-refractivity contribution in [2.75, 3.05) is 36.4 Å². The van der Waals surface area contributed by atoms with Crippen LogP contribution in [0, 0.1) is 0 Å². The van der Waals surface area contributed by atoms with Crippen LogP contribution in [0.15, 0.2) is 12.3 Å². The monoisotopic (exact) mass is 371 g/mol. The summed E-state index contributed by atoms with van der Waals surface area (Å²) in [5.74, 6) is 1.93. The molecule has 0 aromatic carbocycles. The summed E-state index contributed by atoms with van der Waals surface area (Å²) < 4.78 is 0. The highest BCUT2D eigenvalue weighted by molar-refractivity contribution is 5.43. The maximum atomic E-state index is 4.89. The highest BCUT2D eigenvalue weighted by Gasteiger charge is 2.26. The van der Waals surface area contributed by atoms with Gasteiger partial charge in [-0.25, -0.2) is 4.98 Å². The Morgan fingerprint density at radius 3 is 2.33 bits per heavy atom. The minimum absolute atomic E-state index is 0.480. The molecule has 2 aliphatic heterocycles. The van der Waals surface area contributed by atoms with Crippen LogP contribution in [0.4, 0.5) is 11.8 Å². The number of anilines is 2. The Labute approximate surface area is 164 Å². The SMILES string of the molecule is c1cc(N2CCCCCC2)nc(N[C@H]2CCCCN(C3CCCCC3)C2)n1. The van der Waals surface area contributed by atoms with Crippen molar-refractivity contribution < 1.29 is 0 Å². The molecule has 1 N–H and O–H groups in total. The van der Waals surface area contributed by atoms with Crippen LogP contribution in [0.3, 0.4) is 0 Å². The summed E-state index contributed by atoms with van der Waals surface area (Å²) in [5, 5.41) is 3.69. The van der Waals surface area contributed by atoms with Crippen molar-refractivity contribution in [1.82, 2.24) is 14.9 Å². The van der Waals surface area contributed by atoms with E-state index in [0.29, 0.717) is 6.04 Å². The van der Waals surface area contributed by atoms with E-state index in [1.165, 1.54) is 83.6 Å². The number of hydrogen-bond acceptors (Lipinski definition) is 5. The third kappa shape index (κ3) is 5.34. The molecule has 3 aliphatic rings. The molecule has 0 spiro atoms. The second kappa shape index (κ2) is 9.72. The van der Waals surface area contributed by atoms with Crippen molar-refractivity contribution in [3.63, 3.8) is 0 Å². The zero-order chi connectivity index (χ0) is 18.3. The third-order valence-corrected chi connectivity index (χ3v) is 6.70. The van der Waals surface area contributed by atoms with Gasteiger partial charge in [-0.1, -0.05) is 38.5 Å². The molecule has 0 bridgehead atoms. The van der Waals surface area contributed by atoms with E-state index in [0.717, 1.165) is 37.4 Å². The molecule has 3 fully saturated rings. The molecule has 1 atom stereocenters. The van der Waals surface area contributed by atoms with E-state index in [1.54, 1.807) is 0 Å². The molecule has 1 aliphatic carbocycles. The predicted octanol–water partition coefficient (Wildman–Crippen LogP) is 4.46. The first-order valence-electron chi connectivity index (χ1n) is 11.5. The fourth-order valence-electron chi connectivity index (χ4n) is 5.14. The smallest absolute Gasteiger partial charge is 0.224 e. The topological polar surface area (TPSA) is 44.3 Å². The van der Waals surface area contributed by atoms with E-state index >= 15 is 0 Å². The molecule has 0 amide bonds. The van der Waals surface area contributed by atoms with Crippen molar-refractivity contribution in [1.29, 1.82) is 0 Å². The highest BCUT2D eigenvalue weighted by atomic mass is 15.2. The van der Waals surface area contributed by atoms with Crippen molar-refractivity contribution in [3.05, 3.63) is 12.3 Å². The first kappa shape index (κ1) is 19.0. The first-order chi connectivity index (χ1) is 13.4. The fraction of sp³-hybridized carbons (Fsp3) is 0.818. The Kier molecular flexibility index (Phi) is 6.83. The van der Waals surface area contributed by atoms with Gasteiger partial charge in [-0.15, -0.1) is 0 Å². The zero-order valence-electron chi connectivity index (χ0n) is 16.9. The van der Waals surface area contributed by atoms with E-state index in [9.17, 15) is 0 Å². The molecule has 27 heavy (non-hydrogen) atoms. The predicted molar refractivity (Wildman–Crippen MR) is 112 cm³/mol. The quantitative estimate of drug-likeness (QED) is 0.847. The van der Waals surface area contributed by atoms with Crippen molar-refractivity contribution in [2.24, 2.45) is 0 Å². The van der Waals surface area contributed by atoms with Gasteiger partial charge in [-0.2, -0.15) is 4.98 Å². The molecule has 5 nitrogen and oxygen atoms in total. The number of nitrogens with one attached hydrogen (secondary N) is 1. The molecule has 1 aromatic rings. The molecular weight excluding hydrogens is 334 g/mol. The van der Waals surface area contributed by atoms with Gasteiger partial charge < -0.3 is 10.2 Å². The number of likely N-dealkylation sites (tertiary alicyclic amines) is 1. The Morgan fingerprint density at radius 1 is 0.815 bits per heavy atom. The first-order valence-corrected chi connectivity index (χ1v) is 11.5. The van der Waals surface area contributed by atoms with E-state index in [-0.39, 0.29) is 0 Å². The van der Waals surface area contributed by atoms with Crippen molar-refractivity contribution >= 4 is 11.8 Å². The average molecular weight is 372 g/mol. The largest absolute Gasteiger partial charge is 0.356 e. The Hall–Kier alpha value is -1.36. The van der Waals surface area contributed by atoms with Crippen LogP contribution >= 0.6 is 0 Å². The normalized spacial score (nSPS) is 26.4. The van der Waals surface area contributed by atoms with Crippen LogP contribution in [-0.4, -0.2) is 53.1 Å². The number of hydrogen-bond donors (Lipinski definition) is 1. The van der Waals surface area contributed by atoms with Crippen LogP contribution in [0.2, 0.25) is 0 Å². The van der Waals surface area contributed by atoms with Gasteiger partial charge in [0.1, 0.15) is 5.82 Å². The van der Waals surface area contributed by atoms with Gasteiger partial charge in [0.25, 0.3) is 0 Å². The Bertz CT molecular complexity index is 564. The lowest BCUT2D eigenvalue weighted by atomic mass is 9.94. The van der Waals surface area contributed by atoms with Gasteiger partial charge in [0.2, 0.25) is 5.95 Å². The molecule has 0 unspecified atom stereocenters. The minimum atomic E-state index is 0.480. The minimum Gasteiger partial charge on any atom is -0.356 e. The molecular formula is C22H37N5. The van der Waals surface area contributed by atoms with Crippen LogP contribution in [0.25, 0.3) is 0 Å². The van der Waals surface area contributed by atoms with Crippen LogP contribution in [0.1, 0.15) is 77.0 Å². The van der Waals surface area contributed by atoms with Crippen LogP contribution < -0.4 is 10.2 Å². The summed E-state index contributed by atoms with van der Waals surface area (Å²) in [4.78, 5) is 14.7. The summed E-state index contributed by atoms with van der Waals surface area (Å²) in [6.07, 6.45) is 18.2. The van der Waals surface area contributed by atoms with Gasteiger partial charge in [-0.3, -0.25) is 4.90 Å². The molecule has 1 aromatic heterocycles. The summed E-state index contributed by atoms with van der Waals surface area (Å²) in [6, 6.07) is 3.37.